The Hall–Kier alpha value is -0.450. The number of quaternary nitrogens is 1. The van der Waals surface area contributed by atoms with Gasteiger partial charge in [0.25, 0.3) is 5.56 Å². The summed E-state index contributed by atoms with van der Waals surface area (Å²) in [6.45, 7) is 0. The monoisotopic (exact) mass is 449 g/mol. The summed E-state index contributed by atoms with van der Waals surface area (Å²) in [6, 6.07) is 1.32. The van der Waals surface area contributed by atoms with Crippen molar-refractivity contribution in [3.63, 3.8) is 0 Å². The van der Waals surface area contributed by atoms with Gasteiger partial charge in [-0.3, -0.25) is 13.9 Å². The summed E-state index contributed by atoms with van der Waals surface area (Å²) in [5.41, 5.74) is 2.87. The average molecular weight is 452 g/mol. The van der Waals surface area contributed by atoms with Crippen LogP contribution in [0.3, 0.4) is 0 Å². The fourth-order valence-corrected chi connectivity index (χ4v) is 0.778. The van der Waals surface area contributed by atoms with Gasteiger partial charge in [0, 0.05) is 14.1 Å². The average Bonchev–Trinajstić information content (AvgIpc) is 2.23. The van der Waals surface area contributed by atoms with E-state index in [0.717, 1.165) is 4.57 Å². The third kappa shape index (κ3) is 5.04. The van der Waals surface area contributed by atoms with E-state index in [1.807, 2.05) is 0 Å². The highest BCUT2D eigenvalue weighted by Crippen LogP contribution is 2.32. The minimum Gasteiger partial charge on any atom is -0.547 e. The number of hydrogen-bond acceptors (Lipinski definition) is 4. The van der Waals surface area contributed by atoms with Crippen LogP contribution in [-0.4, -0.2) is 17.2 Å². The van der Waals surface area contributed by atoms with Crippen molar-refractivity contribution in [3.8, 4) is 0 Å². The molecule has 102 valence electrons. The smallest absolute Gasteiger partial charge is 0.334 e. The molecule has 1 heterocycles. The van der Waals surface area contributed by atoms with Crippen LogP contribution in [0.2, 0.25) is 0 Å². The third-order valence-corrected chi connectivity index (χ3v) is 2.83. The molecule has 0 spiro atoms. The molecule has 1 aromatic heterocycles. The molecule has 0 radical (unpaired) electrons. The molecule has 0 aromatic carbocycles. The Kier molecular flexibility index (Phi) is 6.47. The van der Waals surface area contributed by atoms with Crippen LogP contribution in [0, 0.1) is 0 Å². The van der Waals surface area contributed by atoms with Gasteiger partial charge in [-0.25, -0.2) is 4.79 Å². The second-order valence-corrected chi connectivity index (χ2v) is 9.92. The topological polar surface area (TPSA) is 112 Å². The number of carbonyl (C=O) groups is 1. The van der Waals surface area contributed by atoms with Gasteiger partial charge in [0.05, 0.1) is 12.0 Å². The van der Waals surface area contributed by atoms with Crippen LogP contribution in [-0.2, 0) is 18.9 Å². The number of carboxylic acids is 1. The van der Waals surface area contributed by atoms with Crippen LogP contribution < -0.4 is 22.1 Å². The molecule has 7 nitrogen and oxygen atoms in total. The van der Waals surface area contributed by atoms with Crippen LogP contribution in [0.25, 0.3) is 0 Å². The minimum absolute atomic E-state index is 0.321. The number of carboxylic acid groups (broad SMARTS) is 1. The standard InChI is InChI=1S/C6H9N3O2.C2HBr3O2/c1-8-4(7)3-5(10)9(2)6(8)11;3-2(4,5)1(6)7/h3H,7H2,1-2H3;(H,6,7). The first-order valence-corrected chi connectivity index (χ1v) is 6.73. The third-order valence-electron chi connectivity index (χ3n) is 1.86. The number of nitrogens with zero attached hydrogens (tertiary/aromatic N) is 2. The van der Waals surface area contributed by atoms with Gasteiger partial charge in [-0.15, -0.1) is 0 Å². The summed E-state index contributed by atoms with van der Waals surface area (Å²) in [5, 5.41) is 9.77. The second kappa shape index (κ2) is 6.64. The quantitative estimate of drug-likeness (QED) is 0.485. The van der Waals surface area contributed by atoms with E-state index in [1.54, 1.807) is 7.05 Å². The lowest BCUT2D eigenvalue weighted by Gasteiger charge is -2.10. The first kappa shape index (κ1) is 17.6. The Bertz CT molecular complexity index is 558. The maximum absolute atomic E-state index is 11.1. The summed E-state index contributed by atoms with van der Waals surface area (Å²) < 4.78 is 1.10. The maximum atomic E-state index is 11.1. The van der Waals surface area contributed by atoms with E-state index in [4.69, 9.17) is 0 Å². The summed E-state index contributed by atoms with van der Waals surface area (Å²) in [5.74, 6) is -0.828. The number of aliphatic carboxylic acids is 1. The Morgan fingerprint density at radius 2 is 1.67 bits per heavy atom. The van der Waals surface area contributed by atoms with Crippen molar-refractivity contribution in [2.24, 2.45) is 14.1 Å². The molecule has 0 aliphatic rings. The molecular weight excluding hydrogens is 442 g/mol. The molecule has 10 heteroatoms. The fraction of sp³-hybridized carbons (Fsp3) is 0.375. The van der Waals surface area contributed by atoms with E-state index >= 15 is 0 Å². The van der Waals surface area contributed by atoms with Crippen molar-refractivity contribution in [2.75, 3.05) is 0 Å². The summed E-state index contributed by atoms with van der Waals surface area (Å²) in [7, 11) is 3.01. The van der Waals surface area contributed by atoms with Crippen LogP contribution >= 0.6 is 47.8 Å². The molecule has 0 amide bonds. The molecule has 3 N–H and O–H groups in total. The van der Waals surface area contributed by atoms with Crippen molar-refractivity contribution in [1.29, 1.82) is 0 Å². The van der Waals surface area contributed by atoms with Crippen molar-refractivity contribution >= 4 is 59.6 Å². The van der Waals surface area contributed by atoms with Crippen LogP contribution in [0.5, 0.6) is 0 Å². The summed E-state index contributed by atoms with van der Waals surface area (Å²) >= 11 is 8.14. The highest BCUT2D eigenvalue weighted by atomic mass is 80.0. The largest absolute Gasteiger partial charge is 0.547 e. The number of halogens is 3. The van der Waals surface area contributed by atoms with Gasteiger partial charge in [0.2, 0.25) is 5.82 Å². The molecule has 1 aromatic rings. The Morgan fingerprint density at radius 1 is 1.28 bits per heavy atom. The van der Waals surface area contributed by atoms with Gasteiger partial charge in [-0.05, 0) is 0 Å². The molecular formula is C8H10Br3N3O4. The lowest BCUT2D eigenvalue weighted by molar-refractivity contribution is -0.303. The van der Waals surface area contributed by atoms with E-state index in [-0.39, 0.29) is 11.2 Å². The van der Waals surface area contributed by atoms with E-state index in [2.05, 4.69) is 53.5 Å². The van der Waals surface area contributed by atoms with E-state index < -0.39 is 8.11 Å². The van der Waals surface area contributed by atoms with Crippen molar-refractivity contribution < 1.29 is 15.6 Å². The maximum Gasteiger partial charge on any atom is 0.334 e. The van der Waals surface area contributed by atoms with E-state index in [1.165, 1.54) is 17.7 Å². The number of carbonyl (C=O) groups excluding carboxylic acids is 1. The zero-order valence-electron chi connectivity index (χ0n) is 9.45. The zero-order valence-corrected chi connectivity index (χ0v) is 14.2. The van der Waals surface area contributed by atoms with Gasteiger partial charge >= 0.3 is 5.69 Å². The highest BCUT2D eigenvalue weighted by Gasteiger charge is 2.17. The van der Waals surface area contributed by atoms with E-state index in [9.17, 15) is 19.5 Å². The summed E-state index contributed by atoms with van der Waals surface area (Å²) in [6.07, 6.45) is 0. The molecule has 0 saturated heterocycles. The first-order valence-electron chi connectivity index (χ1n) is 4.35. The lowest BCUT2D eigenvalue weighted by Crippen LogP contribution is -2.50. The molecule has 0 aliphatic carbocycles. The molecule has 0 saturated carbocycles. The highest BCUT2D eigenvalue weighted by molar-refractivity contribution is 9.40. The van der Waals surface area contributed by atoms with Gasteiger partial charge < -0.3 is 15.6 Å². The summed E-state index contributed by atoms with van der Waals surface area (Å²) in [4.78, 5) is 31.8. The fourth-order valence-electron chi connectivity index (χ4n) is 0.778. The van der Waals surface area contributed by atoms with Gasteiger partial charge in [0.15, 0.2) is 2.14 Å². The SMILES string of the molecule is Cn1c([NH3+])cc(=O)n(C)c1=O.O=C([O-])C(Br)(Br)Br. The Morgan fingerprint density at radius 3 is 2.00 bits per heavy atom. The number of hydrogen-bond donors (Lipinski definition) is 1. The molecule has 1 rings (SSSR count). The molecule has 0 atom stereocenters. The Balaban J connectivity index is 0.000000360. The van der Waals surface area contributed by atoms with Crippen LogP contribution in [0.15, 0.2) is 15.7 Å². The second-order valence-electron chi connectivity index (χ2n) is 3.16. The minimum atomic E-state index is -1.26. The number of rotatable bonds is 0. The van der Waals surface area contributed by atoms with Gasteiger partial charge in [0.1, 0.15) is 0 Å². The number of aromatic nitrogens is 2. The predicted octanol–water partition coefficient (Wildman–Crippen LogP) is -1.47. The zero-order chi connectivity index (χ0) is 14.7. The predicted molar refractivity (Wildman–Crippen MR) is 74.0 cm³/mol. The van der Waals surface area contributed by atoms with Crippen molar-refractivity contribution in [1.82, 2.24) is 9.13 Å². The molecule has 0 unspecified atom stereocenters. The normalized spacial score (nSPS) is 10.6. The van der Waals surface area contributed by atoms with Crippen molar-refractivity contribution in [3.05, 3.63) is 26.9 Å². The first-order chi connectivity index (χ1) is 7.98. The van der Waals surface area contributed by atoms with Crippen molar-refractivity contribution in [2.45, 2.75) is 2.14 Å². The van der Waals surface area contributed by atoms with Gasteiger partial charge in [-0.2, -0.15) is 0 Å². The Labute approximate surface area is 127 Å². The molecule has 0 fully saturated rings. The molecule has 0 bridgehead atoms. The molecule has 18 heavy (non-hydrogen) atoms. The number of alkyl halides is 3. The lowest BCUT2D eigenvalue weighted by atomic mass is 10.5. The van der Waals surface area contributed by atoms with Crippen LogP contribution in [0.1, 0.15) is 0 Å². The van der Waals surface area contributed by atoms with E-state index in [0.29, 0.717) is 5.82 Å². The molecule has 0 aliphatic heterocycles. The van der Waals surface area contributed by atoms with Crippen LogP contribution in [0.4, 0.5) is 5.82 Å². The van der Waals surface area contributed by atoms with Gasteiger partial charge in [-0.1, -0.05) is 47.8 Å².